The average Bonchev–Trinajstić information content (AvgIpc) is 2.40. The Morgan fingerprint density at radius 3 is 2.59 bits per heavy atom. The van der Waals surface area contributed by atoms with Crippen molar-refractivity contribution in [2.24, 2.45) is 0 Å². The fraction of sp³-hybridized carbons (Fsp3) is 0. The molecule has 0 unspecified atom stereocenters. The Hall–Kier alpha value is -2.42. The quantitative estimate of drug-likeness (QED) is 0.666. The maximum atomic E-state index is 5.61. The minimum absolute atomic E-state index is 0.580. The fourth-order valence-electron chi connectivity index (χ4n) is 1.65. The summed E-state index contributed by atoms with van der Waals surface area (Å²) in [5.74, 6) is 1.27. The van der Waals surface area contributed by atoms with Crippen molar-refractivity contribution < 1.29 is 4.74 Å². The molecule has 3 heteroatoms. The van der Waals surface area contributed by atoms with Crippen LogP contribution in [0.25, 0.3) is 10.8 Å². The normalized spacial score (nSPS) is 10.4. The zero-order valence-corrected chi connectivity index (χ0v) is 9.08. The number of aromatic nitrogens is 2. The molecule has 0 N–H and O–H groups in total. The van der Waals surface area contributed by atoms with Gasteiger partial charge in [0.15, 0.2) is 0 Å². The predicted octanol–water partition coefficient (Wildman–Crippen LogP) is 3.42. The van der Waals surface area contributed by atoms with Gasteiger partial charge in [-0.25, -0.2) is 4.98 Å². The number of ether oxygens (including phenoxy) is 1. The van der Waals surface area contributed by atoms with E-state index in [-0.39, 0.29) is 0 Å². The van der Waals surface area contributed by atoms with Gasteiger partial charge in [-0.3, -0.25) is 4.98 Å². The molecule has 3 aromatic rings. The molecule has 0 atom stereocenters. The van der Waals surface area contributed by atoms with E-state index in [9.17, 15) is 0 Å². The van der Waals surface area contributed by atoms with Gasteiger partial charge in [-0.05, 0) is 17.5 Å². The SMILES string of the molecule is c1cncc(Oc2cc3ccccc3cn2)c1. The predicted molar refractivity (Wildman–Crippen MR) is 66.1 cm³/mol. The number of benzene rings is 1. The van der Waals surface area contributed by atoms with Crippen LogP contribution in [0.15, 0.2) is 61.1 Å². The first kappa shape index (κ1) is 9.78. The van der Waals surface area contributed by atoms with Crippen molar-refractivity contribution in [3.63, 3.8) is 0 Å². The molecule has 82 valence electrons. The minimum atomic E-state index is 0.580. The monoisotopic (exact) mass is 222 g/mol. The van der Waals surface area contributed by atoms with E-state index in [0.29, 0.717) is 11.6 Å². The topological polar surface area (TPSA) is 35.0 Å². The molecule has 2 heterocycles. The molecule has 0 aliphatic heterocycles. The first-order chi connectivity index (χ1) is 8.42. The number of rotatable bonds is 2. The van der Waals surface area contributed by atoms with Crippen LogP contribution in [-0.4, -0.2) is 9.97 Å². The number of pyridine rings is 2. The second kappa shape index (κ2) is 4.22. The molecule has 3 rings (SSSR count). The van der Waals surface area contributed by atoms with Crippen LogP contribution in [0.4, 0.5) is 0 Å². The largest absolute Gasteiger partial charge is 0.437 e. The van der Waals surface area contributed by atoms with Crippen LogP contribution in [-0.2, 0) is 0 Å². The molecule has 2 aromatic heterocycles. The van der Waals surface area contributed by atoms with Gasteiger partial charge in [-0.2, -0.15) is 0 Å². The fourth-order valence-corrected chi connectivity index (χ4v) is 1.65. The van der Waals surface area contributed by atoms with Crippen LogP contribution in [0, 0.1) is 0 Å². The highest BCUT2D eigenvalue weighted by Crippen LogP contribution is 2.22. The Morgan fingerprint density at radius 2 is 1.76 bits per heavy atom. The molecular weight excluding hydrogens is 212 g/mol. The molecule has 0 amide bonds. The molecule has 0 spiro atoms. The van der Waals surface area contributed by atoms with Crippen LogP contribution in [0.5, 0.6) is 11.6 Å². The van der Waals surface area contributed by atoms with E-state index in [2.05, 4.69) is 9.97 Å². The van der Waals surface area contributed by atoms with Crippen molar-refractivity contribution >= 4 is 10.8 Å². The molecule has 0 aliphatic carbocycles. The van der Waals surface area contributed by atoms with Gasteiger partial charge in [0.1, 0.15) is 5.75 Å². The van der Waals surface area contributed by atoms with Gasteiger partial charge in [0.2, 0.25) is 5.88 Å². The van der Waals surface area contributed by atoms with Crippen molar-refractivity contribution in [3.05, 3.63) is 61.1 Å². The maximum absolute atomic E-state index is 5.61. The Balaban J connectivity index is 1.96. The molecule has 0 saturated carbocycles. The molecular formula is C14H10N2O. The maximum Gasteiger partial charge on any atom is 0.219 e. The lowest BCUT2D eigenvalue weighted by atomic mass is 10.2. The number of hydrogen-bond donors (Lipinski definition) is 0. The van der Waals surface area contributed by atoms with E-state index in [4.69, 9.17) is 4.74 Å². The van der Waals surface area contributed by atoms with Gasteiger partial charge in [0.05, 0.1) is 6.20 Å². The smallest absolute Gasteiger partial charge is 0.219 e. The lowest BCUT2D eigenvalue weighted by Gasteiger charge is -2.04. The summed E-state index contributed by atoms with van der Waals surface area (Å²) in [6.45, 7) is 0. The summed E-state index contributed by atoms with van der Waals surface area (Å²) in [4.78, 5) is 8.24. The summed E-state index contributed by atoms with van der Waals surface area (Å²) in [5.41, 5.74) is 0. The van der Waals surface area contributed by atoms with E-state index in [1.54, 1.807) is 18.6 Å². The second-order valence-corrected chi connectivity index (χ2v) is 3.66. The number of nitrogens with zero attached hydrogens (tertiary/aromatic N) is 2. The first-order valence-electron chi connectivity index (χ1n) is 5.34. The average molecular weight is 222 g/mol. The summed E-state index contributed by atoms with van der Waals surface area (Å²) in [6.07, 6.45) is 5.18. The molecule has 0 radical (unpaired) electrons. The lowest BCUT2D eigenvalue weighted by molar-refractivity contribution is 0.462. The van der Waals surface area contributed by atoms with Crippen molar-refractivity contribution in [2.45, 2.75) is 0 Å². The first-order valence-corrected chi connectivity index (χ1v) is 5.34. The van der Waals surface area contributed by atoms with Gasteiger partial charge in [-0.1, -0.05) is 24.3 Å². The van der Waals surface area contributed by atoms with Crippen LogP contribution in [0.3, 0.4) is 0 Å². The summed E-state index contributed by atoms with van der Waals surface area (Å²) in [7, 11) is 0. The van der Waals surface area contributed by atoms with Crippen LogP contribution >= 0.6 is 0 Å². The Morgan fingerprint density at radius 1 is 0.882 bits per heavy atom. The Bertz CT molecular complexity index is 638. The highest BCUT2D eigenvalue weighted by atomic mass is 16.5. The van der Waals surface area contributed by atoms with Gasteiger partial charge < -0.3 is 4.74 Å². The molecule has 3 nitrogen and oxygen atoms in total. The molecule has 0 saturated heterocycles. The molecule has 0 bridgehead atoms. The van der Waals surface area contributed by atoms with Crippen LogP contribution in [0.1, 0.15) is 0 Å². The molecule has 0 aliphatic rings. The van der Waals surface area contributed by atoms with Crippen LogP contribution in [0.2, 0.25) is 0 Å². The van der Waals surface area contributed by atoms with Crippen molar-refractivity contribution in [3.8, 4) is 11.6 Å². The number of fused-ring (bicyclic) bond motifs is 1. The highest BCUT2D eigenvalue weighted by Gasteiger charge is 2.00. The van der Waals surface area contributed by atoms with Crippen molar-refractivity contribution in [1.29, 1.82) is 0 Å². The zero-order chi connectivity index (χ0) is 11.5. The standard InChI is InChI=1S/C14H10N2O/c1-2-5-12-9-16-14(8-11(12)4-1)17-13-6-3-7-15-10-13/h1-10H. The summed E-state index contributed by atoms with van der Waals surface area (Å²) >= 11 is 0. The van der Waals surface area contributed by atoms with Crippen LogP contribution < -0.4 is 4.74 Å². The van der Waals surface area contributed by atoms with E-state index in [0.717, 1.165) is 10.8 Å². The third kappa shape index (κ3) is 2.08. The van der Waals surface area contributed by atoms with E-state index in [1.165, 1.54) is 0 Å². The highest BCUT2D eigenvalue weighted by molar-refractivity contribution is 5.82. The third-order valence-corrected chi connectivity index (χ3v) is 2.46. The molecule has 17 heavy (non-hydrogen) atoms. The summed E-state index contributed by atoms with van der Waals surface area (Å²) in [6, 6.07) is 13.6. The lowest BCUT2D eigenvalue weighted by Crippen LogP contribution is -1.88. The van der Waals surface area contributed by atoms with E-state index >= 15 is 0 Å². The van der Waals surface area contributed by atoms with E-state index < -0.39 is 0 Å². The number of hydrogen-bond acceptors (Lipinski definition) is 3. The Kier molecular flexibility index (Phi) is 2.43. The third-order valence-electron chi connectivity index (χ3n) is 2.46. The van der Waals surface area contributed by atoms with Crippen molar-refractivity contribution in [2.75, 3.05) is 0 Å². The molecule has 0 fully saturated rings. The van der Waals surface area contributed by atoms with Gasteiger partial charge >= 0.3 is 0 Å². The zero-order valence-electron chi connectivity index (χ0n) is 9.08. The van der Waals surface area contributed by atoms with Gasteiger partial charge in [0, 0.05) is 23.8 Å². The minimum Gasteiger partial charge on any atom is -0.437 e. The van der Waals surface area contributed by atoms with Gasteiger partial charge in [0.25, 0.3) is 0 Å². The van der Waals surface area contributed by atoms with E-state index in [1.807, 2.05) is 42.5 Å². The summed E-state index contributed by atoms with van der Waals surface area (Å²) in [5, 5.41) is 2.22. The van der Waals surface area contributed by atoms with Crippen molar-refractivity contribution in [1.82, 2.24) is 9.97 Å². The van der Waals surface area contributed by atoms with Gasteiger partial charge in [-0.15, -0.1) is 0 Å². The summed E-state index contributed by atoms with van der Waals surface area (Å²) < 4.78 is 5.61. The second-order valence-electron chi connectivity index (χ2n) is 3.66. The molecule has 1 aromatic carbocycles. The Labute approximate surface area is 98.7 Å².